The molecule has 2 aromatic rings. The minimum Gasteiger partial charge on any atom is -0.358 e. The van der Waals surface area contributed by atoms with Crippen LogP contribution in [-0.2, 0) is 11.2 Å². The molecule has 0 aliphatic rings. The number of fused-ring (bicyclic) bond motifs is 1. The number of hydrogen-bond donors (Lipinski definition) is 2. The van der Waals surface area contributed by atoms with Crippen molar-refractivity contribution in [3.63, 3.8) is 0 Å². The van der Waals surface area contributed by atoms with Crippen molar-refractivity contribution < 1.29 is 4.79 Å². The van der Waals surface area contributed by atoms with Crippen LogP contribution in [0.25, 0.3) is 10.1 Å². The number of likely N-dealkylation sites (N-methyl/N-ethyl adjacent to an activating group) is 1. The largest absolute Gasteiger partial charge is 0.358 e. The third kappa shape index (κ3) is 2.97. The van der Waals surface area contributed by atoms with Crippen LogP contribution in [0.4, 0.5) is 0 Å². The van der Waals surface area contributed by atoms with Gasteiger partial charge in [0, 0.05) is 11.7 Å². The van der Waals surface area contributed by atoms with Crippen molar-refractivity contribution in [2.75, 3.05) is 7.05 Å². The molecule has 0 saturated carbocycles. The number of carbonyl (C=O) groups excluding carboxylic acids is 1. The van der Waals surface area contributed by atoms with Gasteiger partial charge < -0.3 is 11.1 Å². The molecule has 1 amide bonds. The van der Waals surface area contributed by atoms with Crippen LogP contribution in [0.1, 0.15) is 5.56 Å². The molecule has 1 aromatic heterocycles. The van der Waals surface area contributed by atoms with Crippen molar-refractivity contribution in [1.29, 1.82) is 0 Å². The highest BCUT2D eigenvalue weighted by molar-refractivity contribution is 7.17. The summed E-state index contributed by atoms with van der Waals surface area (Å²) in [6.07, 6.45) is 0.587. The summed E-state index contributed by atoms with van der Waals surface area (Å²) in [6, 6.07) is 7.70. The van der Waals surface area contributed by atoms with E-state index in [4.69, 9.17) is 5.73 Å². The molecule has 5 heteroatoms. The Bertz CT molecular complexity index is 512. The van der Waals surface area contributed by atoms with E-state index in [0.29, 0.717) is 6.42 Å². The van der Waals surface area contributed by atoms with Crippen molar-refractivity contribution in [2.45, 2.75) is 12.5 Å². The molecule has 2 rings (SSSR count). The lowest BCUT2D eigenvalue weighted by Crippen LogP contribution is -2.40. The van der Waals surface area contributed by atoms with E-state index < -0.39 is 6.04 Å². The molecule has 0 aliphatic heterocycles. The zero-order valence-electron chi connectivity index (χ0n) is 9.47. The summed E-state index contributed by atoms with van der Waals surface area (Å²) in [7, 11) is 1.61. The van der Waals surface area contributed by atoms with Gasteiger partial charge in [-0.1, -0.05) is 18.2 Å². The van der Waals surface area contributed by atoms with Gasteiger partial charge in [-0.25, -0.2) is 0 Å². The number of amides is 1. The van der Waals surface area contributed by atoms with Gasteiger partial charge in [0.15, 0.2) is 0 Å². The molecule has 0 bridgehead atoms. The molecular weight excluding hydrogens is 256 g/mol. The van der Waals surface area contributed by atoms with E-state index in [0.717, 1.165) is 5.56 Å². The van der Waals surface area contributed by atoms with Crippen molar-refractivity contribution in [1.82, 2.24) is 5.32 Å². The number of carbonyl (C=O) groups is 1. The van der Waals surface area contributed by atoms with Gasteiger partial charge in [0.2, 0.25) is 5.91 Å². The maximum atomic E-state index is 11.3. The fourth-order valence-electron chi connectivity index (χ4n) is 1.71. The van der Waals surface area contributed by atoms with Crippen molar-refractivity contribution >= 4 is 39.7 Å². The third-order valence-electron chi connectivity index (χ3n) is 2.58. The van der Waals surface area contributed by atoms with Crippen LogP contribution >= 0.6 is 23.7 Å². The van der Waals surface area contributed by atoms with Gasteiger partial charge in [-0.3, -0.25) is 4.79 Å². The standard InChI is InChI=1S/C12H14N2OS.ClH/c1-14-12(15)10(13)6-8-7-16-11-5-3-2-4-9(8)11;/h2-5,7,10H,6,13H2,1H3,(H,14,15);1H/t10-;/m0./s1. The number of halogens is 1. The minimum atomic E-state index is -0.469. The molecule has 92 valence electrons. The van der Waals surface area contributed by atoms with Crippen LogP contribution in [0.3, 0.4) is 0 Å². The first-order valence-electron chi connectivity index (χ1n) is 5.14. The van der Waals surface area contributed by atoms with Gasteiger partial charge in [-0.2, -0.15) is 0 Å². The zero-order chi connectivity index (χ0) is 11.5. The molecule has 0 fully saturated rings. The Morgan fingerprint density at radius 3 is 2.88 bits per heavy atom. The fraction of sp³-hybridized carbons (Fsp3) is 0.250. The third-order valence-corrected chi connectivity index (χ3v) is 3.60. The molecule has 0 unspecified atom stereocenters. The summed E-state index contributed by atoms with van der Waals surface area (Å²) in [6.45, 7) is 0. The van der Waals surface area contributed by atoms with Gasteiger partial charge in [0.1, 0.15) is 0 Å². The molecule has 3 N–H and O–H groups in total. The summed E-state index contributed by atoms with van der Waals surface area (Å²) in [4.78, 5) is 11.3. The Kier molecular flexibility index (Phi) is 4.93. The van der Waals surface area contributed by atoms with Crippen LogP contribution < -0.4 is 11.1 Å². The Labute approximate surface area is 110 Å². The predicted molar refractivity (Wildman–Crippen MR) is 74.8 cm³/mol. The monoisotopic (exact) mass is 270 g/mol. The molecule has 1 aromatic carbocycles. The van der Waals surface area contributed by atoms with Crippen LogP contribution in [0.5, 0.6) is 0 Å². The molecule has 3 nitrogen and oxygen atoms in total. The summed E-state index contributed by atoms with van der Waals surface area (Å²) in [5.41, 5.74) is 6.95. The Morgan fingerprint density at radius 1 is 1.47 bits per heavy atom. The number of hydrogen-bond acceptors (Lipinski definition) is 3. The summed E-state index contributed by atoms with van der Waals surface area (Å²) in [5.74, 6) is -0.115. The van der Waals surface area contributed by atoms with E-state index in [-0.39, 0.29) is 18.3 Å². The number of rotatable bonds is 3. The topological polar surface area (TPSA) is 55.1 Å². The highest BCUT2D eigenvalue weighted by Crippen LogP contribution is 2.26. The lowest BCUT2D eigenvalue weighted by Gasteiger charge is -2.08. The first kappa shape index (κ1) is 14.0. The van der Waals surface area contributed by atoms with Crippen LogP contribution in [0.2, 0.25) is 0 Å². The van der Waals surface area contributed by atoms with E-state index >= 15 is 0 Å². The van der Waals surface area contributed by atoms with E-state index in [2.05, 4.69) is 22.8 Å². The number of thiophene rings is 1. The van der Waals surface area contributed by atoms with Crippen molar-refractivity contribution in [3.8, 4) is 0 Å². The predicted octanol–water partition coefficient (Wildman–Crippen LogP) is 1.94. The quantitative estimate of drug-likeness (QED) is 0.896. The Morgan fingerprint density at radius 2 is 2.18 bits per heavy atom. The lowest BCUT2D eigenvalue weighted by molar-refractivity contribution is -0.121. The highest BCUT2D eigenvalue weighted by Gasteiger charge is 2.14. The van der Waals surface area contributed by atoms with Crippen LogP contribution in [0.15, 0.2) is 29.6 Å². The van der Waals surface area contributed by atoms with Crippen molar-refractivity contribution in [2.24, 2.45) is 5.73 Å². The van der Waals surface area contributed by atoms with E-state index in [1.807, 2.05) is 12.1 Å². The van der Waals surface area contributed by atoms with E-state index in [1.54, 1.807) is 18.4 Å². The highest BCUT2D eigenvalue weighted by atomic mass is 35.5. The lowest BCUT2D eigenvalue weighted by atomic mass is 10.1. The first-order chi connectivity index (χ1) is 7.72. The van der Waals surface area contributed by atoms with Crippen molar-refractivity contribution in [3.05, 3.63) is 35.2 Å². The molecule has 1 atom stereocenters. The van der Waals surface area contributed by atoms with Gasteiger partial charge in [-0.15, -0.1) is 23.7 Å². The molecule has 0 radical (unpaired) electrons. The average Bonchev–Trinajstić information content (AvgIpc) is 2.72. The smallest absolute Gasteiger partial charge is 0.237 e. The minimum absolute atomic E-state index is 0. The second-order valence-corrected chi connectivity index (χ2v) is 4.59. The normalized spacial score (nSPS) is 11.9. The maximum Gasteiger partial charge on any atom is 0.237 e. The second-order valence-electron chi connectivity index (χ2n) is 3.68. The molecule has 17 heavy (non-hydrogen) atoms. The Balaban J connectivity index is 0.00000144. The number of nitrogens with one attached hydrogen (secondary N) is 1. The molecule has 1 heterocycles. The summed E-state index contributed by atoms with van der Waals surface area (Å²) < 4.78 is 1.24. The Hall–Kier alpha value is -1.10. The average molecular weight is 271 g/mol. The van der Waals surface area contributed by atoms with Gasteiger partial charge in [0.25, 0.3) is 0 Å². The first-order valence-corrected chi connectivity index (χ1v) is 6.02. The SMILES string of the molecule is CNC(=O)[C@@H](N)Cc1csc2ccccc12.Cl. The summed E-state index contributed by atoms with van der Waals surface area (Å²) in [5, 5.41) is 5.84. The molecule has 0 saturated heterocycles. The molecule has 0 spiro atoms. The van der Waals surface area contributed by atoms with Gasteiger partial charge in [0.05, 0.1) is 6.04 Å². The van der Waals surface area contributed by atoms with Gasteiger partial charge in [-0.05, 0) is 28.8 Å². The van der Waals surface area contributed by atoms with Gasteiger partial charge >= 0.3 is 0 Å². The summed E-state index contributed by atoms with van der Waals surface area (Å²) >= 11 is 1.69. The number of benzene rings is 1. The second kappa shape index (κ2) is 6.00. The maximum absolute atomic E-state index is 11.3. The molecule has 0 aliphatic carbocycles. The fourth-order valence-corrected chi connectivity index (χ4v) is 2.68. The van der Waals surface area contributed by atoms with E-state index in [1.165, 1.54) is 10.1 Å². The van der Waals surface area contributed by atoms with E-state index in [9.17, 15) is 4.79 Å². The van der Waals surface area contributed by atoms with Crippen LogP contribution in [0, 0.1) is 0 Å². The zero-order valence-corrected chi connectivity index (χ0v) is 11.1. The number of nitrogens with two attached hydrogens (primary N) is 1. The van der Waals surface area contributed by atoms with Crippen LogP contribution in [-0.4, -0.2) is 19.0 Å². The molecular formula is C12H15ClN2OS.